The monoisotopic (exact) mass is 360 g/mol. The second-order valence-electron chi connectivity index (χ2n) is 9.68. The smallest absolute Gasteiger partial charge is 0.160 e. The van der Waals surface area contributed by atoms with Crippen molar-refractivity contribution < 1.29 is 10.2 Å². The molecule has 0 spiro atoms. The molecule has 1 aromatic carbocycles. The fraction of sp³-hybridized carbons (Fsp3) is 0.750. The molecule has 2 nitrogen and oxygen atoms in total. The van der Waals surface area contributed by atoms with Gasteiger partial charge in [-0.2, -0.15) is 0 Å². The van der Waals surface area contributed by atoms with Crippen molar-refractivity contribution in [2.24, 2.45) is 10.8 Å². The molecule has 1 fully saturated rings. The van der Waals surface area contributed by atoms with Crippen LogP contribution in [0.4, 0.5) is 0 Å². The third kappa shape index (κ3) is 6.52. The van der Waals surface area contributed by atoms with E-state index in [2.05, 4.69) is 27.7 Å². The van der Waals surface area contributed by atoms with Crippen LogP contribution in [0.15, 0.2) is 12.1 Å². The van der Waals surface area contributed by atoms with Crippen LogP contribution in [0.5, 0.6) is 11.5 Å². The second-order valence-corrected chi connectivity index (χ2v) is 9.68. The van der Waals surface area contributed by atoms with Gasteiger partial charge < -0.3 is 10.2 Å². The molecule has 1 aliphatic carbocycles. The highest BCUT2D eigenvalue weighted by Crippen LogP contribution is 2.49. The topological polar surface area (TPSA) is 40.5 Å². The van der Waals surface area contributed by atoms with E-state index in [1.54, 1.807) is 0 Å². The Morgan fingerprint density at radius 1 is 0.885 bits per heavy atom. The van der Waals surface area contributed by atoms with Gasteiger partial charge in [-0.1, -0.05) is 65.5 Å². The SMILES string of the molecule is CCC(C)(C)CCCCCc1ccc(CCCCC2(C)CC2)c(O)c1O. The number of hydrogen-bond donors (Lipinski definition) is 2. The van der Waals surface area contributed by atoms with Crippen LogP contribution in [0.2, 0.25) is 0 Å². The first kappa shape index (κ1) is 21.1. The maximum atomic E-state index is 10.3. The summed E-state index contributed by atoms with van der Waals surface area (Å²) in [6, 6.07) is 4.03. The molecule has 148 valence electrons. The van der Waals surface area contributed by atoms with Gasteiger partial charge >= 0.3 is 0 Å². The van der Waals surface area contributed by atoms with Crippen molar-refractivity contribution >= 4 is 0 Å². The van der Waals surface area contributed by atoms with Crippen molar-refractivity contribution in [1.82, 2.24) is 0 Å². The summed E-state index contributed by atoms with van der Waals surface area (Å²) in [4.78, 5) is 0. The van der Waals surface area contributed by atoms with Gasteiger partial charge in [0.1, 0.15) is 0 Å². The Morgan fingerprint density at radius 2 is 1.42 bits per heavy atom. The quantitative estimate of drug-likeness (QED) is 0.307. The van der Waals surface area contributed by atoms with Gasteiger partial charge in [0.15, 0.2) is 11.5 Å². The van der Waals surface area contributed by atoms with E-state index in [-0.39, 0.29) is 11.5 Å². The fourth-order valence-corrected chi connectivity index (χ4v) is 3.67. The lowest BCUT2D eigenvalue weighted by Gasteiger charge is -2.22. The minimum atomic E-state index is 0.116. The van der Waals surface area contributed by atoms with Crippen molar-refractivity contribution in [1.29, 1.82) is 0 Å². The van der Waals surface area contributed by atoms with Crippen molar-refractivity contribution in [3.63, 3.8) is 0 Å². The number of unbranched alkanes of at least 4 members (excludes halogenated alkanes) is 3. The molecule has 1 aliphatic rings. The minimum Gasteiger partial charge on any atom is -0.504 e. The molecule has 0 atom stereocenters. The number of rotatable bonds is 12. The van der Waals surface area contributed by atoms with Gasteiger partial charge in [0.25, 0.3) is 0 Å². The summed E-state index contributed by atoms with van der Waals surface area (Å²) >= 11 is 0. The van der Waals surface area contributed by atoms with Gasteiger partial charge in [0.05, 0.1) is 0 Å². The highest BCUT2D eigenvalue weighted by Gasteiger charge is 2.35. The molecule has 0 saturated heterocycles. The van der Waals surface area contributed by atoms with Crippen LogP contribution in [-0.4, -0.2) is 10.2 Å². The van der Waals surface area contributed by atoms with Crippen LogP contribution in [0.1, 0.15) is 103 Å². The summed E-state index contributed by atoms with van der Waals surface area (Å²) in [7, 11) is 0. The molecule has 0 aromatic heterocycles. The van der Waals surface area contributed by atoms with Crippen LogP contribution in [0.25, 0.3) is 0 Å². The van der Waals surface area contributed by atoms with Gasteiger partial charge in [-0.3, -0.25) is 0 Å². The first-order valence-corrected chi connectivity index (χ1v) is 10.8. The lowest BCUT2D eigenvalue weighted by atomic mass is 9.84. The molecule has 0 amide bonds. The number of phenolic OH excluding ortho intramolecular Hbond substituents is 2. The zero-order valence-corrected chi connectivity index (χ0v) is 17.5. The number of phenols is 2. The van der Waals surface area contributed by atoms with E-state index in [1.807, 2.05) is 12.1 Å². The Morgan fingerprint density at radius 3 is 1.92 bits per heavy atom. The van der Waals surface area contributed by atoms with Gasteiger partial charge in [-0.05, 0) is 73.3 Å². The van der Waals surface area contributed by atoms with Crippen LogP contribution >= 0.6 is 0 Å². The standard InChI is InChI=1S/C24H40O2/c1-5-23(2,3)15-9-6-7-11-19-13-14-20(22(26)21(19)25)12-8-10-16-24(4)17-18-24/h13-14,25-26H,5-12,15-18H2,1-4H3. The van der Waals surface area contributed by atoms with Crippen LogP contribution in [0.3, 0.4) is 0 Å². The summed E-state index contributed by atoms with van der Waals surface area (Å²) in [5.74, 6) is 0.234. The lowest BCUT2D eigenvalue weighted by Crippen LogP contribution is -2.08. The summed E-state index contributed by atoms with van der Waals surface area (Å²) in [6.45, 7) is 9.30. The van der Waals surface area contributed by atoms with Crippen LogP contribution in [0, 0.1) is 10.8 Å². The maximum absolute atomic E-state index is 10.3. The predicted molar refractivity (Wildman–Crippen MR) is 111 cm³/mol. The molecular formula is C24H40O2. The van der Waals surface area contributed by atoms with E-state index in [4.69, 9.17) is 0 Å². The third-order valence-corrected chi connectivity index (χ3v) is 6.66. The molecule has 0 aliphatic heterocycles. The summed E-state index contributed by atoms with van der Waals surface area (Å²) in [5.41, 5.74) is 2.85. The van der Waals surface area contributed by atoms with Crippen molar-refractivity contribution in [2.45, 2.75) is 105 Å². The molecule has 2 heteroatoms. The third-order valence-electron chi connectivity index (χ3n) is 6.66. The van der Waals surface area contributed by atoms with E-state index < -0.39 is 0 Å². The molecule has 0 radical (unpaired) electrons. The van der Waals surface area contributed by atoms with Gasteiger partial charge in [0.2, 0.25) is 0 Å². The zero-order chi connectivity index (χ0) is 19.2. The Labute approximate surface area is 161 Å². The predicted octanol–water partition coefficient (Wildman–Crippen LogP) is 7.15. The Hall–Kier alpha value is -1.18. The largest absolute Gasteiger partial charge is 0.504 e. The fourth-order valence-electron chi connectivity index (χ4n) is 3.67. The maximum Gasteiger partial charge on any atom is 0.160 e. The normalized spacial score (nSPS) is 16.0. The molecule has 1 saturated carbocycles. The number of aryl methyl sites for hydroxylation is 2. The van der Waals surface area contributed by atoms with Gasteiger partial charge in [-0.15, -0.1) is 0 Å². The molecule has 26 heavy (non-hydrogen) atoms. The van der Waals surface area contributed by atoms with E-state index in [1.165, 1.54) is 51.4 Å². The molecule has 0 heterocycles. The van der Waals surface area contributed by atoms with Crippen LogP contribution < -0.4 is 0 Å². The number of aromatic hydroxyl groups is 2. The average molecular weight is 361 g/mol. The highest BCUT2D eigenvalue weighted by molar-refractivity contribution is 5.50. The van der Waals surface area contributed by atoms with Crippen molar-refractivity contribution in [2.75, 3.05) is 0 Å². The molecular weight excluding hydrogens is 320 g/mol. The van der Waals surface area contributed by atoms with E-state index >= 15 is 0 Å². The van der Waals surface area contributed by atoms with E-state index in [0.29, 0.717) is 10.8 Å². The van der Waals surface area contributed by atoms with E-state index in [9.17, 15) is 10.2 Å². The first-order valence-electron chi connectivity index (χ1n) is 10.8. The first-order chi connectivity index (χ1) is 12.3. The zero-order valence-electron chi connectivity index (χ0n) is 17.5. The molecule has 2 rings (SSSR count). The van der Waals surface area contributed by atoms with Gasteiger partial charge in [-0.25, -0.2) is 0 Å². The summed E-state index contributed by atoms with van der Waals surface area (Å²) < 4.78 is 0. The second kappa shape index (κ2) is 9.15. The van der Waals surface area contributed by atoms with Crippen molar-refractivity contribution in [3.05, 3.63) is 23.3 Å². The number of hydrogen-bond acceptors (Lipinski definition) is 2. The Bertz CT molecular complexity index is 570. The molecule has 0 unspecified atom stereocenters. The molecule has 0 bridgehead atoms. The van der Waals surface area contributed by atoms with Crippen molar-refractivity contribution in [3.8, 4) is 11.5 Å². The summed E-state index contributed by atoms with van der Waals surface area (Å²) in [5, 5.41) is 20.7. The lowest BCUT2D eigenvalue weighted by molar-refractivity contribution is 0.308. The van der Waals surface area contributed by atoms with Gasteiger partial charge in [0, 0.05) is 0 Å². The average Bonchev–Trinajstić information content (AvgIpc) is 3.34. The minimum absolute atomic E-state index is 0.116. The molecule has 2 N–H and O–H groups in total. The molecule has 1 aromatic rings. The highest BCUT2D eigenvalue weighted by atomic mass is 16.3. The number of benzene rings is 1. The Balaban J connectivity index is 1.73. The van der Waals surface area contributed by atoms with E-state index in [0.717, 1.165) is 36.8 Å². The Kier molecular flexibility index (Phi) is 7.43. The van der Waals surface area contributed by atoms with Crippen LogP contribution in [-0.2, 0) is 12.8 Å². The summed E-state index contributed by atoms with van der Waals surface area (Å²) in [6.07, 6.45) is 14.1.